The van der Waals surface area contributed by atoms with Gasteiger partial charge in [-0.05, 0) is 48.5 Å². The van der Waals surface area contributed by atoms with E-state index >= 15 is 0 Å². The van der Waals surface area contributed by atoms with Gasteiger partial charge in [-0.3, -0.25) is 10.0 Å². The number of thiocarbonyl (C=S) groups is 1. The highest BCUT2D eigenvalue weighted by molar-refractivity contribution is 7.80. The molecule has 1 saturated heterocycles. The van der Waals surface area contributed by atoms with Crippen LogP contribution in [0, 0.1) is 0 Å². The first kappa shape index (κ1) is 16.6. The molecule has 0 radical (unpaired) electrons. The molecule has 1 heterocycles. The zero-order valence-electron chi connectivity index (χ0n) is 14.5. The molecule has 0 unspecified atom stereocenters. The number of anilines is 2. The Morgan fingerprint density at radius 2 is 1.38 bits per heavy atom. The number of hydrogen-bond acceptors (Lipinski definition) is 2. The summed E-state index contributed by atoms with van der Waals surface area (Å²) < 4.78 is 0. The lowest BCUT2D eigenvalue weighted by atomic mass is 10.0. The minimum Gasteiger partial charge on any atom is -0.331 e. The molecule has 0 bridgehead atoms. The second-order valence-electron chi connectivity index (χ2n) is 6.31. The van der Waals surface area contributed by atoms with Crippen LogP contribution in [-0.4, -0.2) is 16.7 Å². The largest absolute Gasteiger partial charge is 0.331 e. The third-order valence-corrected chi connectivity index (χ3v) is 4.95. The average Bonchev–Trinajstić information content (AvgIpc) is 3.15. The van der Waals surface area contributed by atoms with Crippen LogP contribution in [0.15, 0.2) is 91.0 Å². The minimum atomic E-state index is 0.272. The molecule has 1 aliphatic rings. The van der Waals surface area contributed by atoms with Crippen LogP contribution in [0.1, 0.15) is 18.0 Å². The third-order valence-electron chi connectivity index (χ3n) is 4.63. The van der Waals surface area contributed by atoms with Gasteiger partial charge in [0.1, 0.15) is 0 Å². The Morgan fingerprint density at radius 1 is 0.808 bits per heavy atom. The first-order valence-electron chi connectivity index (χ1n) is 8.85. The van der Waals surface area contributed by atoms with Gasteiger partial charge in [-0.25, -0.2) is 0 Å². The number of nitrogens with zero attached hydrogens (tertiary/aromatic N) is 2. The minimum absolute atomic E-state index is 0.272. The van der Waals surface area contributed by atoms with Crippen molar-refractivity contribution in [2.45, 2.75) is 12.5 Å². The molecule has 1 N–H and O–H groups in total. The molecule has 3 nitrogen and oxygen atoms in total. The van der Waals surface area contributed by atoms with E-state index in [0.717, 1.165) is 29.5 Å². The first-order valence-corrected chi connectivity index (χ1v) is 9.26. The summed E-state index contributed by atoms with van der Waals surface area (Å²) in [5.74, 6) is 0. The second kappa shape index (κ2) is 7.58. The van der Waals surface area contributed by atoms with Crippen LogP contribution in [0.2, 0.25) is 0 Å². The van der Waals surface area contributed by atoms with Gasteiger partial charge in [0.05, 0.1) is 11.7 Å². The smallest absolute Gasteiger partial charge is 0.192 e. The fourth-order valence-corrected chi connectivity index (χ4v) is 3.73. The van der Waals surface area contributed by atoms with E-state index < -0.39 is 0 Å². The van der Waals surface area contributed by atoms with E-state index in [0.29, 0.717) is 0 Å². The monoisotopic (exact) mass is 359 g/mol. The predicted octanol–water partition coefficient (Wildman–Crippen LogP) is 5.25. The van der Waals surface area contributed by atoms with Crippen molar-refractivity contribution < 1.29 is 0 Å². The zero-order valence-corrected chi connectivity index (χ0v) is 15.3. The van der Waals surface area contributed by atoms with Gasteiger partial charge < -0.3 is 5.32 Å². The van der Waals surface area contributed by atoms with Crippen molar-refractivity contribution in [3.05, 3.63) is 96.6 Å². The molecule has 3 aromatic carbocycles. The molecule has 26 heavy (non-hydrogen) atoms. The van der Waals surface area contributed by atoms with Crippen molar-refractivity contribution in [3.8, 4) is 0 Å². The third kappa shape index (κ3) is 3.41. The van der Waals surface area contributed by atoms with E-state index in [9.17, 15) is 0 Å². The highest BCUT2D eigenvalue weighted by atomic mass is 32.1. The summed E-state index contributed by atoms with van der Waals surface area (Å²) in [6.07, 6.45) is 1.02. The fraction of sp³-hybridized carbons (Fsp3) is 0.136. The quantitative estimate of drug-likeness (QED) is 0.643. The maximum Gasteiger partial charge on any atom is 0.192 e. The van der Waals surface area contributed by atoms with Gasteiger partial charge in [-0.2, -0.15) is 0 Å². The van der Waals surface area contributed by atoms with Gasteiger partial charge in [-0.15, -0.1) is 0 Å². The molecule has 1 aliphatic heterocycles. The number of rotatable bonds is 3. The van der Waals surface area contributed by atoms with E-state index in [1.54, 1.807) is 0 Å². The van der Waals surface area contributed by atoms with Crippen LogP contribution in [0.3, 0.4) is 0 Å². The maximum absolute atomic E-state index is 5.75. The topological polar surface area (TPSA) is 18.5 Å². The lowest BCUT2D eigenvalue weighted by Crippen LogP contribution is -2.44. The normalized spacial score (nSPS) is 16.5. The number of hydrogen-bond donors (Lipinski definition) is 1. The van der Waals surface area contributed by atoms with Crippen LogP contribution in [0.25, 0.3) is 0 Å². The molecule has 1 atom stereocenters. The molecule has 0 aliphatic carbocycles. The predicted molar refractivity (Wildman–Crippen MR) is 112 cm³/mol. The van der Waals surface area contributed by atoms with Crippen LogP contribution in [0.5, 0.6) is 0 Å². The van der Waals surface area contributed by atoms with Crippen LogP contribution < -0.4 is 10.3 Å². The number of para-hydroxylation sites is 2. The van der Waals surface area contributed by atoms with E-state index in [4.69, 9.17) is 12.2 Å². The maximum atomic E-state index is 5.75. The van der Waals surface area contributed by atoms with Crippen molar-refractivity contribution in [3.63, 3.8) is 0 Å². The molecule has 4 rings (SSSR count). The van der Waals surface area contributed by atoms with Crippen molar-refractivity contribution in [1.82, 2.24) is 5.01 Å². The Balaban J connectivity index is 1.64. The number of benzene rings is 3. The zero-order chi connectivity index (χ0) is 17.8. The molecule has 0 amide bonds. The molecule has 3 aromatic rings. The van der Waals surface area contributed by atoms with Gasteiger partial charge in [-0.1, -0.05) is 66.7 Å². The molecule has 0 aromatic heterocycles. The molecule has 4 heteroatoms. The van der Waals surface area contributed by atoms with Crippen molar-refractivity contribution in [1.29, 1.82) is 0 Å². The van der Waals surface area contributed by atoms with Crippen LogP contribution >= 0.6 is 12.2 Å². The lowest BCUT2D eigenvalue weighted by molar-refractivity contribution is 0.464. The van der Waals surface area contributed by atoms with Gasteiger partial charge in [0, 0.05) is 12.2 Å². The first-order chi connectivity index (χ1) is 12.8. The van der Waals surface area contributed by atoms with E-state index in [1.807, 2.05) is 36.4 Å². The Morgan fingerprint density at radius 3 is 2.04 bits per heavy atom. The van der Waals surface area contributed by atoms with E-state index in [2.05, 4.69) is 69.9 Å². The lowest BCUT2D eigenvalue weighted by Gasteiger charge is -2.36. The molecular formula is C22H21N3S. The van der Waals surface area contributed by atoms with Gasteiger partial charge >= 0.3 is 0 Å². The fourth-order valence-electron chi connectivity index (χ4n) is 3.43. The molecule has 1 fully saturated rings. The van der Waals surface area contributed by atoms with Crippen LogP contribution in [-0.2, 0) is 0 Å². The summed E-state index contributed by atoms with van der Waals surface area (Å²) in [7, 11) is 0. The summed E-state index contributed by atoms with van der Waals surface area (Å²) in [6.45, 7) is 0.882. The Labute approximate surface area is 159 Å². The summed E-state index contributed by atoms with van der Waals surface area (Å²) >= 11 is 5.75. The highest BCUT2D eigenvalue weighted by Crippen LogP contribution is 2.36. The Kier molecular flexibility index (Phi) is 4.84. The van der Waals surface area contributed by atoms with Gasteiger partial charge in [0.25, 0.3) is 0 Å². The molecular weight excluding hydrogens is 338 g/mol. The highest BCUT2D eigenvalue weighted by Gasteiger charge is 2.34. The second-order valence-corrected chi connectivity index (χ2v) is 6.70. The van der Waals surface area contributed by atoms with Crippen molar-refractivity contribution >= 4 is 28.7 Å². The van der Waals surface area contributed by atoms with Gasteiger partial charge in [0.15, 0.2) is 5.11 Å². The standard InChI is InChI=1S/C22H21N3S/c26-22(23-19-12-6-2-7-13-19)24-17-16-21(18-10-4-1-5-11-18)25(24)20-14-8-3-9-15-20/h1-15,21H,16-17H2,(H,23,26)/t21-/m0/s1. The summed E-state index contributed by atoms with van der Waals surface area (Å²) in [5, 5.41) is 8.58. The van der Waals surface area contributed by atoms with Crippen molar-refractivity contribution in [2.75, 3.05) is 16.9 Å². The molecule has 0 saturated carbocycles. The summed E-state index contributed by atoms with van der Waals surface area (Å²) in [4.78, 5) is 0. The Hall–Kier alpha value is -2.85. The Bertz CT molecular complexity index is 852. The number of hydrazine groups is 1. The van der Waals surface area contributed by atoms with Gasteiger partial charge in [0.2, 0.25) is 0 Å². The van der Waals surface area contributed by atoms with E-state index in [1.165, 1.54) is 5.56 Å². The summed E-state index contributed by atoms with van der Waals surface area (Å²) in [5.41, 5.74) is 3.46. The van der Waals surface area contributed by atoms with Crippen LogP contribution in [0.4, 0.5) is 11.4 Å². The molecule has 130 valence electrons. The SMILES string of the molecule is S=C(Nc1ccccc1)N1CC[C@@H](c2ccccc2)N1c1ccccc1. The van der Waals surface area contributed by atoms with E-state index in [-0.39, 0.29) is 6.04 Å². The number of nitrogens with one attached hydrogen (secondary N) is 1. The average molecular weight is 359 g/mol. The van der Waals surface area contributed by atoms with Crippen molar-refractivity contribution in [2.24, 2.45) is 0 Å². The molecule has 0 spiro atoms. The summed E-state index contributed by atoms with van der Waals surface area (Å²) in [6, 6.07) is 31.5.